The van der Waals surface area contributed by atoms with E-state index in [4.69, 9.17) is 5.73 Å². The van der Waals surface area contributed by atoms with Crippen LogP contribution in [-0.2, 0) is 19.4 Å². The van der Waals surface area contributed by atoms with Crippen molar-refractivity contribution in [2.45, 2.75) is 32.7 Å². The van der Waals surface area contributed by atoms with Gasteiger partial charge in [-0.1, -0.05) is 6.92 Å². The molecular weight excluding hydrogens is 162 g/mol. The Labute approximate surface area is 78.4 Å². The van der Waals surface area contributed by atoms with Crippen LogP contribution in [0.25, 0.3) is 0 Å². The Kier molecular flexibility index (Phi) is 2.27. The first kappa shape index (κ1) is 8.63. The average Bonchev–Trinajstić information content (AvgIpc) is 2.17. The van der Waals surface area contributed by atoms with Crippen molar-refractivity contribution in [3.63, 3.8) is 0 Å². The van der Waals surface area contributed by atoms with Crippen molar-refractivity contribution in [2.24, 2.45) is 11.7 Å². The minimum Gasteiger partial charge on any atom is -0.325 e. The molecule has 0 aliphatic heterocycles. The highest BCUT2D eigenvalue weighted by molar-refractivity contribution is 5.27. The molecule has 0 aromatic carbocycles. The van der Waals surface area contributed by atoms with E-state index < -0.39 is 0 Å². The summed E-state index contributed by atoms with van der Waals surface area (Å²) in [5.41, 5.74) is 9.19. The van der Waals surface area contributed by atoms with Crippen LogP contribution in [0.4, 0.5) is 0 Å². The van der Waals surface area contributed by atoms with Crippen LogP contribution in [0.1, 0.15) is 30.3 Å². The molecule has 0 saturated heterocycles. The van der Waals surface area contributed by atoms with Crippen LogP contribution >= 0.6 is 0 Å². The molecule has 1 unspecified atom stereocenters. The summed E-state index contributed by atoms with van der Waals surface area (Å²) >= 11 is 0. The lowest BCUT2D eigenvalue weighted by molar-refractivity contribution is 0.488. The normalized spacial score (nSPS) is 21.2. The second-order valence-corrected chi connectivity index (χ2v) is 3.80. The third-order valence-corrected chi connectivity index (χ3v) is 2.74. The van der Waals surface area contributed by atoms with Crippen LogP contribution in [-0.4, -0.2) is 9.97 Å². The first-order chi connectivity index (χ1) is 6.31. The van der Waals surface area contributed by atoms with Crippen LogP contribution in [0.3, 0.4) is 0 Å². The first-order valence-corrected chi connectivity index (χ1v) is 4.83. The van der Waals surface area contributed by atoms with Gasteiger partial charge in [0.05, 0.1) is 5.69 Å². The van der Waals surface area contributed by atoms with Crippen LogP contribution in [0.15, 0.2) is 6.33 Å². The lowest BCUT2D eigenvalue weighted by Crippen LogP contribution is -2.17. The molecule has 1 aliphatic carbocycles. The topological polar surface area (TPSA) is 51.8 Å². The highest BCUT2D eigenvalue weighted by Gasteiger charge is 2.18. The lowest BCUT2D eigenvalue weighted by atomic mass is 9.87. The number of fused-ring (bicyclic) bond motifs is 1. The minimum atomic E-state index is 0.539. The van der Waals surface area contributed by atoms with Crippen molar-refractivity contribution < 1.29 is 0 Å². The monoisotopic (exact) mass is 177 g/mol. The number of rotatable bonds is 1. The third-order valence-electron chi connectivity index (χ3n) is 2.74. The van der Waals surface area contributed by atoms with E-state index in [1.807, 2.05) is 0 Å². The van der Waals surface area contributed by atoms with Crippen molar-refractivity contribution in [3.8, 4) is 0 Å². The maximum Gasteiger partial charge on any atom is 0.116 e. The summed E-state index contributed by atoms with van der Waals surface area (Å²) in [5, 5.41) is 0. The van der Waals surface area contributed by atoms with Gasteiger partial charge in [-0.15, -0.1) is 0 Å². The molecule has 13 heavy (non-hydrogen) atoms. The largest absolute Gasteiger partial charge is 0.325 e. The Morgan fingerprint density at radius 2 is 2.38 bits per heavy atom. The zero-order chi connectivity index (χ0) is 9.26. The Hall–Kier alpha value is -0.960. The molecule has 0 fully saturated rings. The molecule has 2 rings (SSSR count). The van der Waals surface area contributed by atoms with Gasteiger partial charge in [0.25, 0.3) is 0 Å². The van der Waals surface area contributed by atoms with Crippen LogP contribution < -0.4 is 5.73 Å². The molecular formula is C10H15N3. The number of hydrogen-bond acceptors (Lipinski definition) is 3. The summed E-state index contributed by atoms with van der Waals surface area (Å²) in [6.07, 6.45) is 5.07. The van der Waals surface area contributed by atoms with E-state index in [-0.39, 0.29) is 0 Å². The van der Waals surface area contributed by atoms with E-state index in [2.05, 4.69) is 16.9 Å². The molecule has 1 aromatic rings. The van der Waals surface area contributed by atoms with E-state index in [0.717, 1.165) is 24.5 Å². The molecule has 70 valence electrons. The third kappa shape index (κ3) is 1.56. The Balaban J connectivity index is 2.41. The van der Waals surface area contributed by atoms with Crippen molar-refractivity contribution in [1.29, 1.82) is 0 Å². The predicted molar refractivity (Wildman–Crippen MR) is 51.1 cm³/mol. The van der Waals surface area contributed by atoms with Gasteiger partial charge in [0.15, 0.2) is 0 Å². The SMILES string of the molecule is CC1CCc2ncnc(CN)c2C1. The number of nitrogens with zero attached hydrogens (tertiary/aromatic N) is 2. The first-order valence-electron chi connectivity index (χ1n) is 4.83. The maximum atomic E-state index is 5.63. The smallest absolute Gasteiger partial charge is 0.116 e. The molecule has 0 bridgehead atoms. The van der Waals surface area contributed by atoms with Gasteiger partial charge in [-0.2, -0.15) is 0 Å². The van der Waals surface area contributed by atoms with Crippen molar-refractivity contribution in [2.75, 3.05) is 0 Å². The second-order valence-electron chi connectivity index (χ2n) is 3.80. The van der Waals surface area contributed by atoms with E-state index >= 15 is 0 Å². The van der Waals surface area contributed by atoms with E-state index in [1.165, 1.54) is 17.7 Å². The lowest BCUT2D eigenvalue weighted by Gasteiger charge is -2.21. The molecule has 3 nitrogen and oxygen atoms in total. The summed E-state index contributed by atoms with van der Waals surface area (Å²) in [5.74, 6) is 0.754. The Bertz CT molecular complexity index is 295. The molecule has 0 spiro atoms. The second kappa shape index (κ2) is 3.42. The zero-order valence-electron chi connectivity index (χ0n) is 7.95. The van der Waals surface area contributed by atoms with Gasteiger partial charge in [0.2, 0.25) is 0 Å². The fourth-order valence-corrected chi connectivity index (χ4v) is 1.95. The minimum absolute atomic E-state index is 0.539. The predicted octanol–water partition coefficient (Wildman–Crippen LogP) is 1.06. The van der Waals surface area contributed by atoms with Gasteiger partial charge in [0, 0.05) is 12.2 Å². The van der Waals surface area contributed by atoms with Crippen molar-refractivity contribution in [1.82, 2.24) is 9.97 Å². The van der Waals surface area contributed by atoms with Crippen molar-refractivity contribution in [3.05, 3.63) is 23.3 Å². The molecule has 1 heterocycles. The summed E-state index contributed by atoms with van der Waals surface area (Å²) in [6.45, 7) is 2.81. The molecule has 0 saturated carbocycles. The number of nitrogens with two attached hydrogens (primary N) is 1. The summed E-state index contributed by atoms with van der Waals surface area (Å²) in [6, 6.07) is 0. The molecule has 3 heteroatoms. The summed E-state index contributed by atoms with van der Waals surface area (Å²) in [7, 11) is 0. The quantitative estimate of drug-likeness (QED) is 0.697. The fraction of sp³-hybridized carbons (Fsp3) is 0.600. The van der Waals surface area contributed by atoms with E-state index in [9.17, 15) is 0 Å². The summed E-state index contributed by atoms with van der Waals surface area (Å²) < 4.78 is 0. The molecule has 0 amide bonds. The highest BCUT2D eigenvalue weighted by atomic mass is 14.9. The zero-order valence-corrected chi connectivity index (χ0v) is 7.95. The van der Waals surface area contributed by atoms with Crippen LogP contribution in [0.2, 0.25) is 0 Å². The van der Waals surface area contributed by atoms with E-state index in [1.54, 1.807) is 6.33 Å². The van der Waals surface area contributed by atoms with Crippen molar-refractivity contribution >= 4 is 0 Å². The number of hydrogen-bond donors (Lipinski definition) is 1. The average molecular weight is 177 g/mol. The van der Waals surface area contributed by atoms with Gasteiger partial charge >= 0.3 is 0 Å². The molecule has 2 N–H and O–H groups in total. The van der Waals surface area contributed by atoms with E-state index in [0.29, 0.717) is 6.54 Å². The maximum absolute atomic E-state index is 5.63. The van der Waals surface area contributed by atoms with Gasteiger partial charge in [-0.05, 0) is 30.7 Å². The number of aromatic nitrogens is 2. The van der Waals surface area contributed by atoms with Crippen LogP contribution in [0.5, 0.6) is 0 Å². The molecule has 1 aliphatic rings. The Morgan fingerprint density at radius 1 is 1.54 bits per heavy atom. The number of aryl methyl sites for hydroxylation is 1. The summed E-state index contributed by atoms with van der Waals surface area (Å²) in [4.78, 5) is 8.50. The molecule has 1 atom stereocenters. The standard InChI is InChI=1S/C10H15N3/c1-7-2-3-9-8(4-7)10(5-11)13-6-12-9/h6-7H,2-5,11H2,1H3. The fourth-order valence-electron chi connectivity index (χ4n) is 1.95. The van der Waals surface area contributed by atoms with Gasteiger partial charge in [-0.25, -0.2) is 9.97 Å². The van der Waals surface area contributed by atoms with Gasteiger partial charge < -0.3 is 5.73 Å². The Morgan fingerprint density at radius 3 is 3.15 bits per heavy atom. The van der Waals surface area contributed by atoms with Crippen LogP contribution in [0, 0.1) is 5.92 Å². The molecule has 1 aromatic heterocycles. The van der Waals surface area contributed by atoms with Gasteiger partial charge in [-0.3, -0.25) is 0 Å². The highest BCUT2D eigenvalue weighted by Crippen LogP contribution is 2.24. The molecule has 0 radical (unpaired) electrons. The van der Waals surface area contributed by atoms with Gasteiger partial charge in [0.1, 0.15) is 6.33 Å².